The third-order valence-corrected chi connectivity index (χ3v) is 7.11. The highest BCUT2D eigenvalue weighted by Crippen LogP contribution is 2.37. The molecule has 0 radical (unpaired) electrons. The third-order valence-electron chi connectivity index (χ3n) is 7.11. The number of carbonyl (C=O) groups is 1. The lowest BCUT2D eigenvalue weighted by Gasteiger charge is -2.33. The van der Waals surface area contributed by atoms with Crippen molar-refractivity contribution in [2.75, 3.05) is 19.7 Å². The van der Waals surface area contributed by atoms with Crippen LogP contribution >= 0.6 is 0 Å². The summed E-state index contributed by atoms with van der Waals surface area (Å²) in [5.74, 6) is 1.52. The fourth-order valence-corrected chi connectivity index (χ4v) is 4.30. The van der Waals surface area contributed by atoms with E-state index >= 15 is 0 Å². The summed E-state index contributed by atoms with van der Waals surface area (Å²) in [6, 6.07) is 6.08. The zero-order valence-electron chi connectivity index (χ0n) is 21.8. The third kappa shape index (κ3) is 6.45. The molecule has 1 aromatic rings. The summed E-state index contributed by atoms with van der Waals surface area (Å²) in [5.41, 5.74) is 0.936. The average molecular weight is 459 g/mol. The van der Waals surface area contributed by atoms with Gasteiger partial charge in [0.2, 0.25) is 0 Å². The minimum atomic E-state index is -0.441. The number of rotatable bonds is 6. The van der Waals surface area contributed by atoms with Crippen molar-refractivity contribution < 1.29 is 23.6 Å². The fraction of sp³-hybridized carbons (Fsp3) is 0.731. The largest absolute Gasteiger partial charge is 0.495 e. The first-order valence-corrected chi connectivity index (χ1v) is 12.3. The van der Waals surface area contributed by atoms with E-state index in [-0.39, 0.29) is 24.4 Å². The number of amides is 1. The predicted octanol–water partition coefficient (Wildman–Crippen LogP) is 5.10. The first-order chi connectivity index (χ1) is 15.3. The van der Waals surface area contributed by atoms with E-state index in [0.29, 0.717) is 12.5 Å². The lowest BCUT2D eigenvalue weighted by molar-refractivity contribution is 0.00578. The SMILES string of the molecule is Cc1c(OCCCC2CCN(C(=O)OC(C)(C)C)CC2)cccc1B1OC(C)(C)C(C)(C)O1. The number of likely N-dealkylation sites (tertiary alicyclic amines) is 1. The lowest BCUT2D eigenvalue weighted by Crippen LogP contribution is -2.41. The molecule has 7 heteroatoms. The van der Waals surface area contributed by atoms with Gasteiger partial charge in [-0.15, -0.1) is 0 Å². The molecule has 0 saturated carbocycles. The van der Waals surface area contributed by atoms with Crippen LogP contribution in [0.4, 0.5) is 4.79 Å². The van der Waals surface area contributed by atoms with Crippen molar-refractivity contribution in [3.63, 3.8) is 0 Å². The maximum atomic E-state index is 12.2. The van der Waals surface area contributed by atoms with E-state index in [2.05, 4.69) is 40.7 Å². The summed E-state index contributed by atoms with van der Waals surface area (Å²) >= 11 is 0. The van der Waals surface area contributed by atoms with Gasteiger partial charge in [0.1, 0.15) is 11.4 Å². The number of benzene rings is 1. The van der Waals surface area contributed by atoms with E-state index < -0.39 is 5.60 Å². The van der Waals surface area contributed by atoms with Crippen LogP contribution in [0, 0.1) is 12.8 Å². The fourth-order valence-electron chi connectivity index (χ4n) is 4.30. The Hall–Kier alpha value is -1.73. The van der Waals surface area contributed by atoms with Crippen LogP contribution in [-0.4, -0.2) is 54.6 Å². The van der Waals surface area contributed by atoms with E-state index in [0.717, 1.165) is 55.5 Å². The molecule has 0 aliphatic carbocycles. The first kappa shape index (κ1) is 25.9. The van der Waals surface area contributed by atoms with Crippen molar-refractivity contribution in [3.05, 3.63) is 23.8 Å². The Morgan fingerprint density at radius 3 is 2.30 bits per heavy atom. The number of piperidine rings is 1. The predicted molar refractivity (Wildman–Crippen MR) is 132 cm³/mol. The molecule has 0 unspecified atom stereocenters. The Kier molecular flexibility index (Phi) is 7.74. The van der Waals surface area contributed by atoms with Crippen molar-refractivity contribution in [3.8, 4) is 5.75 Å². The second-order valence-electron chi connectivity index (χ2n) is 11.5. The highest BCUT2D eigenvalue weighted by atomic mass is 16.7. The highest BCUT2D eigenvalue weighted by molar-refractivity contribution is 6.62. The molecule has 1 amide bonds. The zero-order chi connectivity index (χ0) is 24.4. The average Bonchev–Trinajstić information content (AvgIpc) is 2.92. The van der Waals surface area contributed by atoms with E-state index in [1.54, 1.807) is 0 Å². The standard InChI is InChI=1S/C26H42BNO5/c1-19-21(27-32-25(5,6)26(7,8)33-27)12-9-13-22(19)30-18-10-11-20-14-16-28(17-15-20)23(29)31-24(2,3)4/h9,12-13,20H,10-11,14-18H2,1-8H3. The molecule has 3 rings (SSSR count). The summed E-state index contributed by atoms with van der Waals surface area (Å²) in [4.78, 5) is 14.1. The Morgan fingerprint density at radius 1 is 1.12 bits per heavy atom. The van der Waals surface area contributed by atoms with Crippen molar-refractivity contribution in [2.45, 2.75) is 97.9 Å². The summed E-state index contributed by atoms with van der Waals surface area (Å²) in [7, 11) is -0.381. The highest BCUT2D eigenvalue weighted by Gasteiger charge is 2.52. The van der Waals surface area contributed by atoms with Crippen LogP contribution in [-0.2, 0) is 14.0 Å². The number of nitrogens with zero attached hydrogens (tertiary/aromatic N) is 1. The molecule has 0 bridgehead atoms. The monoisotopic (exact) mass is 459 g/mol. The van der Waals surface area contributed by atoms with Crippen LogP contribution in [0.3, 0.4) is 0 Å². The van der Waals surface area contributed by atoms with Gasteiger partial charge < -0.3 is 23.7 Å². The van der Waals surface area contributed by atoms with Crippen LogP contribution in [0.1, 0.15) is 79.7 Å². The van der Waals surface area contributed by atoms with Gasteiger partial charge in [-0.3, -0.25) is 0 Å². The van der Waals surface area contributed by atoms with Gasteiger partial charge in [0.05, 0.1) is 17.8 Å². The van der Waals surface area contributed by atoms with Crippen molar-refractivity contribution in [2.24, 2.45) is 5.92 Å². The molecule has 184 valence electrons. The van der Waals surface area contributed by atoms with Crippen molar-refractivity contribution in [1.29, 1.82) is 0 Å². The smallest absolute Gasteiger partial charge is 0.493 e. The zero-order valence-corrected chi connectivity index (χ0v) is 21.8. The Bertz CT molecular complexity index is 808. The van der Waals surface area contributed by atoms with Crippen LogP contribution in [0.15, 0.2) is 18.2 Å². The van der Waals surface area contributed by atoms with Gasteiger partial charge in [0.25, 0.3) is 0 Å². The molecule has 0 N–H and O–H groups in total. The second kappa shape index (κ2) is 9.87. The molecule has 33 heavy (non-hydrogen) atoms. The molecule has 2 aliphatic rings. The molecule has 0 spiro atoms. The Balaban J connectivity index is 1.44. The maximum Gasteiger partial charge on any atom is 0.495 e. The number of hydrogen-bond acceptors (Lipinski definition) is 5. The van der Waals surface area contributed by atoms with Gasteiger partial charge >= 0.3 is 13.2 Å². The van der Waals surface area contributed by atoms with E-state index in [1.165, 1.54) is 0 Å². The summed E-state index contributed by atoms with van der Waals surface area (Å²) in [6.07, 6.45) is 3.96. The van der Waals surface area contributed by atoms with E-state index in [9.17, 15) is 4.79 Å². The molecular formula is C26H42BNO5. The summed E-state index contributed by atoms with van der Waals surface area (Å²) in [6.45, 7) is 18.3. The van der Waals surface area contributed by atoms with E-state index in [1.807, 2.05) is 37.8 Å². The molecule has 0 atom stereocenters. The minimum absolute atomic E-state index is 0.193. The van der Waals surface area contributed by atoms with Gasteiger partial charge in [0.15, 0.2) is 0 Å². The molecule has 2 heterocycles. The topological polar surface area (TPSA) is 57.2 Å². The number of hydrogen-bond donors (Lipinski definition) is 0. The van der Waals surface area contributed by atoms with Gasteiger partial charge in [-0.2, -0.15) is 0 Å². The number of carbonyl (C=O) groups excluding carboxylic acids is 1. The van der Waals surface area contributed by atoms with Crippen LogP contribution in [0.25, 0.3) is 0 Å². The summed E-state index contributed by atoms with van der Waals surface area (Å²) in [5, 5.41) is 0. The first-order valence-electron chi connectivity index (χ1n) is 12.3. The Labute approximate surface area is 200 Å². The van der Waals surface area contributed by atoms with E-state index in [4.69, 9.17) is 18.8 Å². The summed E-state index contributed by atoms with van der Waals surface area (Å²) < 4.78 is 24.1. The second-order valence-corrected chi connectivity index (χ2v) is 11.5. The van der Waals surface area contributed by atoms with Gasteiger partial charge in [-0.25, -0.2) is 4.79 Å². The normalized spacial score (nSPS) is 20.7. The molecule has 2 saturated heterocycles. The molecule has 1 aromatic carbocycles. The molecule has 0 aromatic heterocycles. The molecule has 2 aliphatic heterocycles. The lowest BCUT2D eigenvalue weighted by atomic mass is 9.76. The van der Waals surface area contributed by atoms with Crippen LogP contribution < -0.4 is 10.2 Å². The van der Waals surface area contributed by atoms with Crippen LogP contribution in [0.5, 0.6) is 5.75 Å². The minimum Gasteiger partial charge on any atom is -0.493 e. The molecule has 2 fully saturated rings. The molecule has 6 nitrogen and oxygen atoms in total. The van der Waals surface area contributed by atoms with Crippen molar-refractivity contribution >= 4 is 18.7 Å². The molecular weight excluding hydrogens is 417 g/mol. The van der Waals surface area contributed by atoms with Crippen LogP contribution in [0.2, 0.25) is 0 Å². The van der Waals surface area contributed by atoms with Gasteiger partial charge in [0, 0.05) is 13.1 Å². The quantitative estimate of drug-likeness (QED) is 0.438. The van der Waals surface area contributed by atoms with Gasteiger partial charge in [-0.1, -0.05) is 12.1 Å². The van der Waals surface area contributed by atoms with Gasteiger partial charge in [-0.05, 0) is 104 Å². The maximum absolute atomic E-state index is 12.2. The number of ether oxygens (including phenoxy) is 2. The Morgan fingerprint density at radius 2 is 1.73 bits per heavy atom. The van der Waals surface area contributed by atoms with Crippen molar-refractivity contribution in [1.82, 2.24) is 4.90 Å².